The molecule has 2 aliphatic heterocycles. The fraction of sp³-hybridized carbons (Fsp3) is 0.333. The van der Waals surface area contributed by atoms with E-state index in [4.69, 9.17) is 14.8 Å². The summed E-state index contributed by atoms with van der Waals surface area (Å²) >= 11 is 1.52. The monoisotopic (exact) mass is 585 g/mol. The smallest absolute Gasteiger partial charge is 0.137 e. The molecule has 3 aromatic heterocycles. The number of halogens is 2. The van der Waals surface area contributed by atoms with Gasteiger partial charge in [0.2, 0.25) is 0 Å². The Bertz CT molecular complexity index is 1830. The highest BCUT2D eigenvalue weighted by molar-refractivity contribution is 7.18. The van der Waals surface area contributed by atoms with Crippen molar-refractivity contribution in [2.45, 2.75) is 59.0 Å². The van der Waals surface area contributed by atoms with E-state index >= 15 is 4.39 Å². The third-order valence-electron chi connectivity index (χ3n) is 8.11. The van der Waals surface area contributed by atoms with E-state index in [0.717, 1.165) is 59.2 Å². The van der Waals surface area contributed by atoms with Crippen molar-refractivity contribution in [2.75, 3.05) is 13.6 Å². The first kappa shape index (κ1) is 27.2. The van der Waals surface area contributed by atoms with Gasteiger partial charge < -0.3 is 15.0 Å². The highest BCUT2D eigenvalue weighted by atomic mass is 32.1. The minimum absolute atomic E-state index is 0.158. The highest BCUT2D eigenvalue weighted by Gasteiger charge is 2.28. The second-order valence-corrected chi connectivity index (χ2v) is 12.6. The zero-order valence-corrected chi connectivity index (χ0v) is 25.0. The predicted molar refractivity (Wildman–Crippen MR) is 164 cm³/mol. The normalized spacial score (nSPS) is 17.1. The fourth-order valence-corrected chi connectivity index (χ4v) is 7.07. The first-order valence-corrected chi connectivity index (χ1v) is 15.3. The molecule has 7 rings (SSSR count). The Hall–Kier alpha value is -3.66. The fourth-order valence-electron chi connectivity index (χ4n) is 6.12. The van der Waals surface area contributed by atoms with Gasteiger partial charge in [0, 0.05) is 59.0 Å². The van der Waals surface area contributed by atoms with Crippen molar-refractivity contribution < 1.29 is 13.5 Å². The molecule has 42 heavy (non-hydrogen) atoms. The summed E-state index contributed by atoms with van der Waals surface area (Å²) < 4.78 is 39.3. The van der Waals surface area contributed by atoms with E-state index in [1.165, 1.54) is 28.5 Å². The number of hydrogen-bond donors (Lipinski definition) is 1. The first-order valence-electron chi connectivity index (χ1n) is 14.4. The first-order chi connectivity index (χ1) is 20.2. The van der Waals surface area contributed by atoms with E-state index in [1.54, 1.807) is 0 Å². The lowest BCUT2D eigenvalue weighted by molar-refractivity contribution is 0.241. The van der Waals surface area contributed by atoms with Crippen LogP contribution in [0.4, 0.5) is 8.78 Å². The molecule has 0 saturated carbocycles. The van der Waals surface area contributed by atoms with Gasteiger partial charge in [-0.2, -0.15) is 5.10 Å². The minimum atomic E-state index is -0.687. The van der Waals surface area contributed by atoms with Gasteiger partial charge in [-0.15, -0.1) is 11.3 Å². The molecule has 0 bridgehead atoms. The molecule has 0 saturated heterocycles. The average Bonchev–Trinajstić information content (AvgIpc) is 3.59. The SMILES string of the molecule is CC1Cn2nc(-c3nc(-c4ccc5c(c4)CCN(C)C5)c4ccsc4c3-c3c(F)cc(F)cc3OC(C)C)cc2CN1. The number of likely N-dealkylation sites (N-methyl/N-ethyl adjacent to an activating group) is 1. The van der Waals surface area contributed by atoms with Crippen LogP contribution < -0.4 is 10.1 Å². The molecule has 1 unspecified atom stereocenters. The molecule has 2 aromatic carbocycles. The van der Waals surface area contributed by atoms with Crippen molar-refractivity contribution in [1.82, 2.24) is 25.0 Å². The van der Waals surface area contributed by atoms with Crippen LogP contribution in [0, 0.1) is 11.6 Å². The molecular formula is C33H33F2N5OS. The Balaban J connectivity index is 1.51. The van der Waals surface area contributed by atoms with E-state index in [0.29, 0.717) is 23.5 Å². The van der Waals surface area contributed by atoms with Gasteiger partial charge in [-0.1, -0.05) is 12.1 Å². The molecule has 2 aliphatic rings. The lowest BCUT2D eigenvalue weighted by Crippen LogP contribution is -2.36. The van der Waals surface area contributed by atoms with E-state index in [2.05, 4.69) is 42.4 Å². The lowest BCUT2D eigenvalue weighted by atomic mass is 9.93. The van der Waals surface area contributed by atoms with E-state index in [9.17, 15) is 4.39 Å². The average molecular weight is 586 g/mol. The van der Waals surface area contributed by atoms with Crippen LogP contribution in [0.2, 0.25) is 0 Å². The molecule has 0 fully saturated rings. The molecule has 1 atom stereocenters. The summed E-state index contributed by atoms with van der Waals surface area (Å²) in [7, 11) is 2.14. The number of fused-ring (bicyclic) bond motifs is 3. The second-order valence-electron chi connectivity index (χ2n) is 11.7. The van der Waals surface area contributed by atoms with Crippen molar-refractivity contribution in [1.29, 1.82) is 0 Å². The Labute approximate surface area is 248 Å². The zero-order chi connectivity index (χ0) is 29.1. The van der Waals surface area contributed by atoms with Crippen molar-refractivity contribution in [3.8, 4) is 39.5 Å². The second kappa shape index (κ2) is 10.6. The molecule has 1 N–H and O–H groups in total. The van der Waals surface area contributed by atoms with Crippen LogP contribution in [0.5, 0.6) is 5.75 Å². The maximum Gasteiger partial charge on any atom is 0.137 e. The summed E-state index contributed by atoms with van der Waals surface area (Å²) in [6, 6.07) is 13.1. The number of nitrogens with one attached hydrogen (secondary N) is 1. The van der Waals surface area contributed by atoms with Crippen molar-refractivity contribution in [3.63, 3.8) is 0 Å². The summed E-state index contributed by atoms with van der Waals surface area (Å²) in [5.74, 6) is -1.21. The van der Waals surface area contributed by atoms with E-state index in [-0.39, 0.29) is 23.5 Å². The number of pyridine rings is 1. The maximum absolute atomic E-state index is 15.9. The van der Waals surface area contributed by atoms with Crippen LogP contribution in [0.1, 0.15) is 37.6 Å². The number of nitrogens with zero attached hydrogens (tertiary/aromatic N) is 4. The third-order valence-corrected chi connectivity index (χ3v) is 9.04. The number of ether oxygens (including phenoxy) is 1. The van der Waals surface area contributed by atoms with Gasteiger partial charge in [0.15, 0.2) is 0 Å². The van der Waals surface area contributed by atoms with Crippen molar-refractivity contribution in [3.05, 3.63) is 76.3 Å². The summed E-state index contributed by atoms with van der Waals surface area (Å²) in [6.45, 7) is 9.17. The molecule has 0 radical (unpaired) electrons. The molecular weight excluding hydrogens is 552 g/mol. The van der Waals surface area contributed by atoms with Crippen LogP contribution >= 0.6 is 11.3 Å². The number of aromatic nitrogens is 3. The molecule has 6 nitrogen and oxygen atoms in total. The molecule has 216 valence electrons. The van der Waals surface area contributed by atoms with Crippen LogP contribution in [0.25, 0.3) is 43.9 Å². The quantitative estimate of drug-likeness (QED) is 0.240. The van der Waals surface area contributed by atoms with Crippen LogP contribution in [0.15, 0.2) is 47.8 Å². The van der Waals surface area contributed by atoms with Gasteiger partial charge in [0.25, 0.3) is 0 Å². The Kier molecular flexibility index (Phi) is 6.84. The zero-order valence-electron chi connectivity index (χ0n) is 24.2. The largest absolute Gasteiger partial charge is 0.490 e. The number of rotatable bonds is 5. The Morgan fingerprint density at radius 2 is 1.90 bits per heavy atom. The standard InChI is InChI=1S/C33H33F2N5OS/c1-18(2)41-28-13-23(34)12-26(35)29(28)30-32(27-14-24-15-36-19(3)16-40(24)38-27)37-31(25-8-10-42-33(25)30)21-5-6-22-17-39(4)9-7-20(22)11-21/h5-6,8,10-14,18-19,36H,7,9,15-17H2,1-4H3. The topological polar surface area (TPSA) is 55.2 Å². The molecule has 5 heterocycles. The lowest BCUT2D eigenvalue weighted by Gasteiger charge is -2.25. The van der Waals surface area contributed by atoms with Gasteiger partial charge in [0.05, 0.1) is 29.6 Å². The summed E-state index contributed by atoms with van der Waals surface area (Å²) in [5, 5.41) is 11.4. The third kappa shape index (κ3) is 4.79. The van der Waals surface area contributed by atoms with Gasteiger partial charge in [0.1, 0.15) is 28.8 Å². The molecule has 5 aromatic rings. The van der Waals surface area contributed by atoms with Crippen LogP contribution in [-0.4, -0.2) is 45.4 Å². The summed E-state index contributed by atoms with van der Waals surface area (Å²) in [6.07, 6.45) is 0.703. The van der Waals surface area contributed by atoms with Gasteiger partial charge in [-0.3, -0.25) is 4.68 Å². The van der Waals surface area contributed by atoms with Gasteiger partial charge >= 0.3 is 0 Å². The molecule has 9 heteroatoms. The predicted octanol–water partition coefficient (Wildman–Crippen LogP) is 7.04. The van der Waals surface area contributed by atoms with E-state index < -0.39 is 11.6 Å². The van der Waals surface area contributed by atoms with Crippen LogP contribution in [0.3, 0.4) is 0 Å². The minimum Gasteiger partial charge on any atom is -0.490 e. The van der Waals surface area contributed by atoms with Gasteiger partial charge in [-0.25, -0.2) is 13.8 Å². The Morgan fingerprint density at radius 1 is 1.05 bits per heavy atom. The number of hydrogen-bond acceptors (Lipinski definition) is 6. The molecule has 0 amide bonds. The highest BCUT2D eigenvalue weighted by Crippen LogP contribution is 2.47. The van der Waals surface area contributed by atoms with Gasteiger partial charge in [-0.05, 0) is 68.9 Å². The van der Waals surface area contributed by atoms with Crippen molar-refractivity contribution >= 4 is 21.4 Å². The molecule has 0 aliphatic carbocycles. The van der Waals surface area contributed by atoms with E-state index in [1.807, 2.05) is 36.0 Å². The summed E-state index contributed by atoms with van der Waals surface area (Å²) in [5.41, 5.74) is 7.56. The number of benzene rings is 2. The Morgan fingerprint density at radius 3 is 2.74 bits per heavy atom. The summed E-state index contributed by atoms with van der Waals surface area (Å²) in [4.78, 5) is 7.61. The van der Waals surface area contributed by atoms with Crippen LogP contribution in [-0.2, 0) is 26.1 Å². The molecule has 0 spiro atoms. The number of thiophene rings is 1. The van der Waals surface area contributed by atoms with Crippen molar-refractivity contribution in [2.24, 2.45) is 0 Å². The maximum atomic E-state index is 15.9.